The Balaban J connectivity index is 4.16. The smallest absolute Gasteiger partial charge is 0.328 e. The second kappa shape index (κ2) is 23.7. The number of carbonyl (C=O) groups is 3. The summed E-state index contributed by atoms with van der Waals surface area (Å²) in [5.74, 6) is -0.678. The van der Waals surface area contributed by atoms with Gasteiger partial charge in [0.1, 0.15) is 6.04 Å². The van der Waals surface area contributed by atoms with E-state index in [4.69, 9.17) is 9.84 Å². The van der Waals surface area contributed by atoms with E-state index in [9.17, 15) is 19.5 Å². The molecule has 0 aliphatic heterocycles. The van der Waals surface area contributed by atoms with Crippen LogP contribution < -0.4 is 5.32 Å². The molecule has 36 heavy (non-hydrogen) atoms. The summed E-state index contributed by atoms with van der Waals surface area (Å²) in [7, 11) is 0. The van der Waals surface area contributed by atoms with Crippen molar-refractivity contribution in [2.45, 2.75) is 148 Å². The molecule has 2 unspecified atom stereocenters. The van der Waals surface area contributed by atoms with Gasteiger partial charge in [0.2, 0.25) is 6.41 Å². The second-order valence-electron chi connectivity index (χ2n) is 10.8. The van der Waals surface area contributed by atoms with Crippen LogP contribution in [0.15, 0.2) is 0 Å². The highest BCUT2D eigenvalue weighted by molar-refractivity contribution is 5.78. The Morgan fingerprint density at radius 1 is 0.833 bits per heavy atom. The lowest BCUT2D eigenvalue weighted by Crippen LogP contribution is -2.38. The molecule has 0 heterocycles. The highest BCUT2D eigenvalue weighted by Crippen LogP contribution is 2.24. The number of hydrogen-bond donors (Lipinski definition) is 3. The Kier molecular flexibility index (Phi) is 22.7. The lowest BCUT2D eigenvalue weighted by atomic mass is 9.89. The molecule has 0 aliphatic carbocycles. The molecule has 3 N–H and O–H groups in total. The molecule has 0 fully saturated rings. The molecule has 212 valence electrons. The quantitative estimate of drug-likeness (QED) is 0.0700. The maximum absolute atomic E-state index is 12.1. The van der Waals surface area contributed by atoms with E-state index in [1.54, 1.807) is 0 Å². The summed E-state index contributed by atoms with van der Waals surface area (Å²) >= 11 is 0. The zero-order valence-electron chi connectivity index (χ0n) is 23.3. The number of aliphatic carboxylic acids is 1. The Labute approximate surface area is 220 Å². The molecule has 0 aromatic carbocycles. The van der Waals surface area contributed by atoms with E-state index in [1.807, 2.05) is 13.8 Å². The molecule has 0 rings (SSSR count). The van der Waals surface area contributed by atoms with Crippen LogP contribution in [0.2, 0.25) is 0 Å². The van der Waals surface area contributed by atoms with Crippen LogP contribution >= 0.6 is 0 Å². The van der Waals surface area contributed by atoms with Crippen molar-refractivity contribution in [2.75, 3.05) is 6.61 Å². The molecular weight excluding hydrogens is 458 g/mol. The molecule has 7 nitrogen and oxygen atoms in total. The predicted octanol–water partition coefficient (Wildman–Crippen LogP) is 6.40. The van der Waals surface area contributed by atoms with E-state index in [0.29, 0.717) is 31.8 Å². The monoisotopic (exact) mass is 513 g/mol. The van der Waals surface area contributed by atoms with Gasteiger partial charge in [0.05, 0.1) is 19.1 Å². The number of hydrogen-bond acceptors (Lipinski definition) is 5. The van der Waals surface area contributed by atoms with E-state index >= 15 is 0 Å². The maximum Gasteiger partial charge on any atom is 0.328 e. The van der Waals surface area contributed by atoms with Gasteiger partial charge in [-0.3, -0.25) is 9.59 Å². The van der Waals surface area contributed by atoms with Gasteiger partial charge in [0.15, 0.2) is 0 Å². The summed E-state index contributed by atoms with van der Waals surface area (Å²) in [4.78, 5) is 33.8. The van der Waals surface area contributed by atoms with Gasteiger partial charge in [-0.25, -0.2) is 4.79 Å². The number of aliphatic hydroxyl groups is 1. The van der Waals surface area contributed by atoms with Crippen LogP contribution in [0.3, 0.4) is 0 Å². The molecule has 0 bridgehead atoms. The van der Waals surface area contributed by atoms with Crippen molar-refractivity contribution in [1.29, 1.82) is 0 Å². The highest BCUT2D eigenvalue weighted by Gasteiger charge is 2.20. The zero-order valence-corrected chi connectivity index (χ0v) is 23.3. The van der Waals surface area contributed by atoms with Crippen LogP contribution in [0.5, 0.6) is 0 Å². The number of aliphatic hydroxyl groups excluding tert-OH is 1. The molecular formula is C29H55NO6. The Bertz CT molecular complexity index is 554. The van der Waals surface area contributed by atoms with E-state index in [1.165, 1.54) is 51.4 Å². The third-order valence-electron chi connectivity index (χ3n) is 6.74. The van der Waals surface area contributed by atoms with Crippen molar-refractivity contribution in [3.8, 4) is 0 Å². The Morgan fingerprint density at radius 2 is 1.36 bits per heavy atom. The number of unbranched alkanes of at least 4 members (excludes halogenated alkanes) is 11. The van der Waals surface area contributed by atoms with E-state index in [-0.39, 0.29) is 18.3 Å². The molecule has 0 saturated heterocycles. The summed E-state index contributed by atoms with van der Waals surface area (Å²) < 4.78 is 5.34. The number of amides is 1. The minimum absolute atomic E-state index is 0.184. The maximum atomic E-state index is 12.1. The number of carboxylic acids is 1. The average molecular weight is 514 g/mol. The highest BCUT2D eigenvalue weighted by atomic mass is 16.5. The normalized spacial score (nSPS) is 13.8. The number of carbonyl (C=O) groups excluding carboxylic acids is 2. The van der Waals surface area contributed by atoms with Crippen molar-refractivity contribution in [2.24, 2.45) is 11.8 Å². The number of nitrogens with one attached hydrogen (secondary N) is 1. The number of esters is 1. The van der Waals surface area contributed by atoms with Gasteiger partial charge in [-0.15, -0.1) is 0 Å². The fraction of sp³-hybridized carbons (Fsp3) is 0.897. The number of carboxylic acid groups (broad SMARTS) is 1. The van der Waals surface area contributed by atoms with Gasteiger partial charge in [-0.05, 0) is 31.1 Å². The SMILES string of the molecule is CCCCCCCCCCCC(CCCCCCOC(=O)[C@H](CC(C)C)NC=O)CC(O)CC(=O)O. The molecule has 0 saturated carbocycles. The van der Waals surface area contributed by atoms with Gasteiger partial charge >= 0.3 is 11.9 Å². The first-order chi connectivity index (χ1) is 17.3. The van der Waals surface area contributed by atoms with Crippen molar-refractivity contribution >= 4 is 18.3 Å². The number of ether oxygens (including phenoxy) is 1. The van der Waals surface area contributed by atoms with Crippen LogP contribution in [0, 0.1) is 11.8 Å². The van der Waals surface area contributed by atoms with E-state index in [0.717, 1.165) is 44.9 Å². The van der Waals surface area contributed by atoms with Crippen molar-refractivity contribution in [1.82, 2.24) is 5.32 Å². The van der Waals surface area contributed by atoms with Crippen LogP contribution in [-0.4, -0.2) is 47.3 Å². The summed E-state index contributed by atoms with van der Waals surface area (Å²) in [6.45, 7) is 6.58. The minimum Gasteiger partial charge on any atom is -0.481 e. The molecule has 0 aromatic rings. The minimum atomic E-state index is -0.946. The predicted molar refractivity (Wildman–Crippen MR) is 145 cm³/mol. The lowest BCUT2D eigenvalue weighted by Gasteiger charge is -2.20. The zero-order chi connectivity index (χ0) is 27.0. The first-order valence-corrected chi connectivity index (χ1v) is 14.6. The summed E-state index contributed by atoms with van der Waals surface area (Å²) in [5.41, 5.74) is 0. The standard InChI is InChI=1S/C29H55NO6/c1-4-5-6-7-8-9-10-11-14-17-25(21-26(32)22-28(33)34)18-15-12-13-16-19-36-29(35)27(30-23-31)20-24(2)3/h23-27,32H,4-22H2,1-3H3,(H,30,31)(H,33,34)/t25?,26?,27-/m0/s1. The molecule has 0 spiro atoms. The largest absolute Gasteiger partial charge is 0.481 e. The molecule has 3 atom stereocenters. The molecule has 7 heteroatoms. The summed E-state index contributed by atoms with van der Waals surface area (Å²) in [6, 6.07) is -0.582. The average Bonchev–Trinajstić information content (AvgIpc) is 2.80. The topological polar surface area (TPSA) is 113 Å². The second-order valence-corrected chi connectivity index (χ2v) is 10.8. The fourth-order valence-electron chi connectivity index (χ4n) is 4.74. The van der Waals surface area contributed by atoms with Gasteiger partial charge in [0.25, 0.3) is 0 Å². The van der Waals surface area contributed by atoms with Crippen LogP contribution in [-0.2, 0) is 19.1 Å². The van der Waals surface area contributed by atoms with E-state index in [2.05, 4.69) is 12.2 Å². The van der Waals surface area contributed by atoms with Crippen molar-refractivity contribution in [3.63, 3.8) is 0 Å². The first-order valence-electron chi connectivity index (χ1n) is 14.6. The lowest BCUT2D eigenvalue weighted by molar-refractivity contribution is -0.147. The van der Waals surface area contributed by atoms with Crippen LogP contribution in [0.4, 0.5) is 0 Å². The Hall–Kier alpha value is -1.63. The molecule has 1 amide bonds. The van der Waals surface area contributed by atoms with E-state index < -0.39 is 18.1 Å². The number of rotatable bonds is 26. The molecule has 0 radical (unpaired) electrons. The van der Waals surface area contributed by atoms with Crippen LogP contribution in [0.1, 0.15) is 136 Å². The first kappa shape index (κ1) is 34.4. The van der Waals surface area contributed by atoms with Crippen molar-refractivity contribution < 1.29 is 29.3 Å². The van der Waals surface area contributed by atoms with Gasteiger partial charge in [0, 0.05) is 0 Å². The molecule has 0 aliphatic rings. The third kappa shape index (κ3) is 21.6. The summed E-state index contributed by atoms with van der Waals surface area (Å²) in [5, 5.41) is 21.7. The van der Waals surface area contributed by atoms with Gasteiger partial charge < -0.3 is 20.3 Å². The van der Waals surface area contributed by atoms with Gasteiger partial charge in [-0.2, -0.15) is 0 Å². The fourth-order valence-corrected chi connectivity index (χ4v) is 4.74. The van der Waals surface area contributed by atoms with Crippen molar-refractivity contribution in [3.05, 3.63) is 0 Å². The van der Waals surface area contributed by atoms with Crippen LogP contribution in [0.25, 0.3) is 0 Å². The third-order valence-corrected chi connectivity index (χ3v) is 6.74. The summed E-state index contributed by atoms with van der Waals surface area (Å²) in [6.07, 6.45) is 18.1. The van der Waals surface area contributed by atoms with Gasteiger partial charge in [-0.1, -0.05) is 111 Å². The molecule has 0 aromatic heterocycles. The Morgan fingerprint density at radius 3 is 1.86 bits per heavy atom.